The van der Waals surface area contributed by atoms with Crippen molar-refractivity contribution >= 4 is 23.7 Å². The van der Waals surface area contributed by atoms with Gasteiger partial charge in [0.15, 0.2) is 0 Å². The van der Waals surface area contributed by atoms with Crippen molar-refractivity contribution in [3.05, 3.63) is 52.7 Å². The van der Waals surface area contributed by atoms with Gasteiger partial charge in [-0.1, -0.05) is 12.1 Å². The zero-order valence-electron chi connectivity index (χ0n) is 22.6. The number of anilines is 1. The number of carboxylic acids is 2. The lowest BCUT2D eigenvalue weighted by Gasteiger charge is -2.19. The van der Waals surface area contributed by atoms with Crippen LogP contribution in [0.25, 0.3) is 0 Å². The Morgan fingerprint density at radius 3 is 1.88 bits per heavy atom. The molecule has 1 amide bonds. The number of carboxylic acid groups (broad SMARTS) is 2. The van der Waals surface area contributed by atoms with E-state index in [1.54, 1.807) is 14.2 Å². The minimum Gasteiger partial charge on any atom is -0.497 e. The van der Waals surface area contributed by atoms with Crippen LogP contribution in [0.4, 0.5) is 32.2 Å². The van der Waals surface area contributed by atoms with Gasteiger partial charge in [-0.25, -0.2) is 14.6 Å². The van der Waals surface area contributed by atoms with Crippen LogP contribution in [-0.4, -0.2) is 91.6 Å². The van der Waals surface area contributed by atoms with Crippen molar-refractivity contribution < 1.29 is 55.7 Å². The standard InChI is InChI=1S/C21H28N4O2.2C2HF3O2/c1-22-21(26)18-13-16-9-11-25(12-10-19(16)23-20(18)24(2)3)14-15-5-7-17(27-4)8-6-15;2*3-2(4,5)1(6)7/h5-8,13H,9-12,14H2,1-4H3,(H,22,26);2*(H,6,7). The lowest BCUT2D eigenvalue weighted by Crippen LogP contribution is -2.25. The number of hydrogen-bond donors (Lipinski definition) is 3. The maximum Gasteiger partial charge on any atom is 0.490 e. The number of benzene rings is 1. The molecule has 3 N–H and O–H groups in total. The molecular formula is C25H30F6N4O6. The summed E-state index contributed by atoms with van der Waals surface area (Å²) in [5, 5.41) is 17.0. The highest BCUT2D eigenvalue weighted by atomic mass is 19.4. The third-order valence-electron chi connectivity index (χ3n) is 5.48. The van der Waals surface area contributed by atoms with E-state index in [1.807, 2.05) is 37.2 Å². The van der Waals surface area contributed by atoms with Gasteiger partial charge in [-0.3, -0.25) is 9.69 Å². The molecule has 2 heterocycles. The van der Waals surface area contributed by atoms with E-state index in [9.17, 15) is 31.1 Å². The van der Waals surface area contributed by atoms with Gasteiger partial charge in [-0.2, -0.15) is 26.3 Å². The van der Waals surface area contributed by atoms with Gasteiger partial charge in [-0.05, 0) is 35.7 Å². The average molecular weight is 597 g/mol. The van der Waals surface area contributed by atoms with Crippen LogP contribution in [0.3, 0.4) is 0 Å². The fourth-order valence-corrected chi connectivity index (χ4v) is 3.46. The summed E-state index contributed by atoms with van der Waals surface area (Å²) >= 11 is 0. The number of amides is 1. The van der Waals surface area contributed by atoms with Crippen molar-refractivity contribution in [2.45, 2.75) is 31.7 Å². The lowest BCUT2D eigenvalue weighted by molar-refractivity contribution is -0.193. The number of carbonyl (C=O) groups is 3. The summed E-state index contributed by atoms with van der Waals surface area (Å²) in [5.41, 5.74) is 4.19. The highest BCUT2D eigenvalue weighted by Crippen LogP contribution is 2.24. The van der Waals surface area contributed by atoms with E-state index in [-0.39, 0.29) is 5.91 Å². The number of pyridine rings is 1. The smallest absolute Gasteiger partial charge is 0.490 e. The van der Waals surface area contributed by atoms with Gasteiger partial charge < -0.3 is 25.2 Å². The minimum atomic E-state index is -5.08. The molecule has 0 saturated heterocycles. The lowest BCUT2D eigenvalue weighted by atomic mass is 10.0. The van der Waals surface area contributed by atoms with Crippen LogP contribution in [-0.2, 0) is 29.0 Å². The predicted molar refractivity (Wildman–Crippen MR) is 135 cm³/mol. The maximum absolute atomic E-state index is 12.3. The summed E-state index contributed by atoms with van der Waals surface area (Å²) in [6, 6.07) is 10.3. The fourth-order valence-electron chi connectivity index (χ4n) is 3.46. The Morgan fingerprint density at radius 2 is 1.46 bits per heavy atom. The zero-order chi connectivity index (χ0) is 31.5. The number of aromatic nitrogens is 1. The van der Waals surface area contributed by atoms with E-state index in [2.05, 4.69) is 22.3 Å². The summed E-state index contributed by atoms with van der Waals surface area (Å²) in [5.74, 6) is -3.99. The summed E-state index contributed by atoms with van der Waals surface area (Å²) in [6.45, 7) is 2.81. The molecular weight excluding hydrogens is 566 g/mol. The van der Waals surface area contributed by atoms with Crippen molar-refractivity contribution in [2.24, 2.45) is 0 Å². The molecule has 0 aliphatic carbocycles. The van der Waals surface area contributed by atoms with E-state index < -0.39 is 24.3 Å². The van der Waals surface area contributed by atoms with Gasteiger partial charge in [0.25, 0.3) is 5.91 Å². The second-order valence-corrected chi connectivity index (χ2v) is 8.67. The molecule has 16 heteroatoms. The van der Waals surface area contributed by atoms with Gasteiger partial charge in [-0.15, -0.1) is 0 Å². The molecule has 0 saturated carbocycles. The van der Waals surface area contributed by atoms with Crippen LogP contribution in [0.15, 0.2) is 30.3 Å². The van der Waals surface area contributed by atoms with E-state index in [0.29, 0.717) is 5.56 Å². The normalized spacial score (nSPS) is 13.2. The summed E-state index contributed by atoms with van der Waals surface area (Å²) in [4.78, 5) is 39.2. The third kappa shape index (κ3) is 11.5. The molecule has 0 fully saturated rings. The summed E-state index contributed by atoms with van der Waals surface area (Å²) in [6.07, 6.45) is -8.38. The number of carbonyl (C=O) groups excluding carboxylic acids is 1. The molecule has 0 radical (unpaired) electrons. The fraction of sp³-hybridized carbons (Fsp3) is 0.440. The van der Waals surface area contributed by atoms with E-state index >= 15 is 0 Å². The monoisotopic (exact) mass is 596 g/mol. The number of rotatable bonds is 5. The Balaban J connectivity index is 0.000000497. The second kappa shape index (κ2) is 15.1. The highest BCUT2D eigenvalue weighted by molar-refractivity contribution is 5.99. The summed E-state index contributed by atoms with van der Waals surface area (Å²) in [7, 11) is 7.19. The topological polar surface area (TPSA) is 132 Å². The number of methoxy groups -OCH3 is 1. The van der Waals surface area contributed by atoms with Gasteiger partial charge in [0.05, 0.1) is 12.7 Å². The molecule has 0 atom stereocenters. The van der Waals surface area contributed by atoms with E-state index in [0.717, 1.165) is 49.7 Å². The number of nitrogens with zero attached hydrogens (tertiary/aromatic N) is 3. The van der Waals surface area contributed by atoms with Gasteiger partial charge in [0, 0.05) is 52.9 Å². The molecule has 0 spiro atoms. The van der Waals surface area contributed by atoms with Crippen LogP contribution < -0.4 is 15.0 Å². The van der Waals surface area contributed by atoms with Gasteiger partial charge >= 0.3 is 24.3 Å². The van der Waals surface area contributed by atoms with Crippen LogP contribution in [0, 0.1) is 0 Å². The SMILES string of the molecule is CNC(=O)c1cc2c(nc1N(C)C)CCN(Cc1ccc(OC)cc1)CC2.O=C(O)C(F)(F)F.O=C(O)C(F)(F)F. The third-order valence-corrected chi connectivity index (χ3v) is 5.48. The number of alkyl halides is 6. The average Bonchev–Trinajstić information content (AvgIpc) is 3.09. The number of fused-ring (bicyclic) bond motifs is 1. The van der Waals surface area contributed by atoms with Gasteiger partial charge in [0.1, 0.15) is 11.6 Å². The molecule has 1 aliphatic heterocycles. The number of ether oxygens (including phenoxy) is 1. The molecule has 2 aromatic rings. The zero-order valence-corrected chi connectivity index (χ0v) is 22.6. The number of aliphatic carboxylic acids is 2. The minimum absolute atomic E-state index is 0.0895. The Labute approximate surface area is 231 Å². The van der Waals surface area contributed by atoms with Gasteiger partial charge in [0.2, 0.25) is 0 Å². The van der Waals surface area contributed by atoms with Crippen LogP contribution >= 0.6 is 0 Å². The van der Waals surface area contributed by atoms with Crippen molar-refractivity contribution in [2.75, 3.05) is 46.2 Å². The maximum atomic E-state index is 12.3. The molecule has 1 aliphatic rings. The Bertz CT molecular complexity index is 1160. The van der Waals surface area contributed by atoms with Crippen molar-refractivity contribution in [1.29, 1.82) is 0 Å². The molecule has 0 bridgehead atoms. The Kier molecular flexibility index (Phi) is 12.8. The largest absolute Gasteiger partial charge is 0.497 e. The first kappa shape index (κ1) is 34.9. The molecule has 0 unspecified atom stereocenters. The van der Waals surface area contributed by atoms with Crippen molar-refractivity contribution in [3.8, 4) is 5.75 Å². The first-order chi connectivity index (χ1) is 18.9. The predicted octanol–water partition coefficient (Wildman–Crippen LogP) is 3.38. The van der Waals surface area contributed by atoms with Crippen molar-refractivity contribution in [1.82, 2.24) is 15.2 Å². The van der Waals surface area contributed by atoms with Crippen molar-refractivity contribution in [3.63, 3.8) is 0 Å². The van der Waals surface area contributed by atoms with E-state index in [1.165, 1.54) is 11.1 Å². The second-order valence-electron chi connectivity index (χ2n) is 8.67. The number of nitrogens with one attached hydrogen (secondary N) is 1. The molecule has 10 nitrogen and oxygen atoms in total. The first-order valence-electron chi connectivity index (χ1n) is 11.8. The highest BCUT2D eigenvalue weighted by Gasteiger charge is 2.38. The quantitative estimate of drug-likeness (QED) is 0.445. The first-order valence-corrected chi connectivity index (χ1v) is 11.8. The Hall–Kier alpha value is -4.08. The van der Waals surface area contributed by atoms with Crippen LogP contribution in [0.1, 0.15) is 27.2 Å². The van der Waals surface area contributed by atoms with Crippen LogP contribution in [0.5, 0.6) is 5.75 Å². The summed E-state index contributed by atoms with van der Waals surface area (Å²) < 4.78 is 68.7. The van der Waals surface area contributed by atoms with Crippen LogP contribution in [0.2, 0.25) is 0 Å². The molecule has 1 aromatic carbocycles. The number of halogens is 6. The van der Waals surface area contributed by atoms with E-state index in [4.69, 9.17) is 29.5 Å². The molecule has 41 heavy (non-hydrogen) atoms. The number of hydrogen-bond acceptors (Lipinski definition) is 7. The Morgan fingerprint density at radius 1 is 0.976 bits per heavy atom. The molecule has 228 valence electrons. The molecule has 1 aromatic heterocycles. The molecule has 3 rings (SSSR count).